The molecule has 1 aromatic rings. The van der Waals surface area contributed by atoms with E-state index in [9.17, 15) is 5.11 Å². The highest BCUT2D eigenvalue weighted by molar-refractivity contribution is 5.27. The number of ether oxygens (including phenoxy) is 2. The van der Waals surface area contributed by atoms with E-state index in [0.717, 1.165) is 18.5 Å². The summed E-state index contributed by atoms with van der Waals surface area (Å²) in [6.45, 7) is 4.95. The molecule has 4 heteroatoms. The highest BCUT2D eigenvalue weighted by atomic mass is 16.6. The summed E-state index contributed by atoms with van der Waals surface area (Å²) < 4.78 is 11.2. The van der Waals surface area contributed by atoms with Crippen molar-refractivity contribution in [2.45, 2.75) is 25.5 Å². The number of hydrogen-bond donors (Lipinski definition) is 2. The van der Waals surface area contributed by atoms with E-state index in [1.54, 1.807) is 12.1 Å². The van der Waals surface area contributed by atoms with Gasteiger partial charge in [-0.05, 0) is 30.7 Å². The van der Waals surface area contributed by atoms with Crippen LogP contribution in [0.2, 0.25) is 0 Å². The zero-order valence-corrected chi connectivity index (χ0v) is 10.8. The summed E-state index contributed by atoms with van der Waals surface area (Å²) >= 11 is 0. The minimum absolute atomic E-state index is 0.0843. The highest BCUT2D eigenvalue weighted by Gasteiger charge is 2.24. The van der Waals surface area contributed by atoms with Gasteiger partial charge in [-0.3, -0.25) is 0 Å². The number of aromatic hydroxyl groups is 1. The van der Waals surface area contributed by atoms with Gasteiger partial charge in [0.05, 0.1) is 25.9 Å². The van der Waals surface area contributed by atoms with Gasteiger partial charge >= 0.3 is 0 Å². The third-order valence-corrected chi connectivity index (χ3v) is 3.12. The molecule has 4 nitrogen and oxygen atoms in total. The van der Waals surface area contributed by atoms with Gasteiger partial charge in [0.15, 0.2) is 0 Å². The summed E-state index contributed by atoms with van der Waals surface area (Å²) in [5.74, 6) is 0.309. The van der Waals surface area contributed by atoms with Crippen molar-refractivity contribution in [1.29, 1.82) is 0 Å². The molecule has 1 aromatic carbocycles. The molecule has 0 aliphatic carbocycles. The Morgan fingerprint density at radius 1 is 1.44 bits per heavy atom. The number of phenols is 1. The van der Waals surface area contributed by atoms with E-state index < -0.39 is 0 Å². The molecule has 1 aliphatic heterocycles. The van der Waals surface area contributed by atoms with Crippen molar-refractivity contribution in [3.8, 4) is 5.75 Å². The van der Waals surface area contributed by atoms with Crippen LogP contribution in [0.4, 0.5) is 0 Å². The number of rotatable bonds is 5. The van der Waals surface area contributed by atoms with Crippen LogP contribution >= 0.6 is 0 Å². The molecule has 2 rings (SSSR count). The van der Waals surface area contributed by atoms with Crippen molar-refractivity contribution in [2.75, 3.05) is 26.4 Å². The molecule has 1 saturated heterocycles. The van der Waals surface area contributed by atoms with Gasteiger partial charge in [-0.15, -0.1) is 0 Å². The quantitative estimate of drug-likeness (QED) is 0.829. The maximum Gasteiger partial charge on any atom is 0.115 e. The highest BCUT2D eigenvalue weighted by Crippen LogP contribution is 2.16. The number of benzene rings is 1. The van der Waals surface area contributed by atoms with Gasteiger partial charge in [-0.25, -0.2) is 0 Å². The minimum atomic E-state index is 0.0843. The summed E-state index contributed by atoms with van der Waals surface area (Å²) in [7, 11) is 0. The number of phenolic OH excluding ortho intramolecular Hbond substituents is 1. The summed E-state index contributed by atoms with van der Waals surface area (Å²) in [6.07, 6.45) is 0.914. The van der Waals surface area contributed by atoms with Crippen LogP contribution in [-0.4, -0.2) is 43.6 Å². The van der Waals surface area contributed by atoms with Crippen LogP contribution in [0.25, 0.3) is 0 Å². The molecule has 0 bridgehead atoms. The van der Waals surface area contributed by atoms with Gasteiger partial charge in [0.2, 0.25) is 0 Å². The molecule has 1 fully saturated rings. The Bertz CT molecular complexity index is 364. The summed E-state index contributed by atoms with van der Waals surface area (Å²) in [5, 5.41) is 12.9. The number of hydrogen-bond acceptors (Lipinski definition) is 4. The lowest BCUT2D eigenvalue weighted by Gasteiger charge is -2.31. The predicted octanol–water partition coefficient (Wildman–Crippen LogP) is 1.33. The molecule has 0 aromatic heterocycles. The largest absolute Gasteiger partial charge is 0.508 e. The second-order valence-corrected chi connectivity index (χ2v) is 4.52. The Morgan fingerprint density at radius 3 is 3.00 bits per heavy atom. The van der Waals surface area contributed by atoms with Crippen LogP contribution in [0.5, 0.6) is 5.75 Å². The number of likely N-dealkylation sites (N-methyl/N-ethyl adjacent to an activating group) is 1. The summed E-state index contributed by atoms with van der Waals surface area (Å²) in [6, 6.07) is 7.59. The smallest absolute Gasteiger partial charge is 0.115 e. The number of nitrogens with one attached hydrogen (secondary N) is 1. The molecule has 1 heterocycles. The fourth-order valence-electron chi connectivity index (χ4n) is 2.27. The Morgan fingerprint density at radius 2 is 2.33 bits per heavy atom. The molecule has 0 spiro atoms. The van der Waals surface area contributed by atoms with E-state index in [0.29, 0.717) is 25.6 Å². The van der Waals surface area contributed by atoms with Crippen LogP contribution in [-0.2, 0) is 15.9 Å². The molecular weight excluding hydrogens is 230 g/mol. The SMILES string of the molecule is CCNC(Cc1cccc(O)c1)C1COCCO1. The third kappa shape index (κ3) is 3.70. The standard InChI is InChI=1S/C14H21NO3/c1-2-15-13(14-10-17-6-7-18-14)9-11-4-3-5-12(16)8-11/h3-5,8,13-16H,2,6-7,9-10H2,1H3. The Hall–Kier alpha value is -1.10. The average Bonchev–Trinajstić information content (AvgIpc) is 2.39. The van der Waals surface area contributed by atoms with E-state index in [1.165, 1.54) is 0 Å². The maximum absolute atomic E-state index is 9.49. The Labute approximate surface area is 108 Å². The molecule has 2 N–H and O–H groups in total. The van der Waals surface area contributed by atoms with Gasteiger partial charge in [0, 0.05) is 6.04 Å². The second-order valence-electron chi connectivity index (χ2n) is 4.52. The maximum atomic E-state index is 9.49. The fraction of sp³-hybridized carbons (Fsp3) is 0.571. The Kier molecular flexibility index (Phi) is 4.99. The first-order valence-corrected chi connectivity index (χ1v) is 6.50. The second kappa shape index (κ2) is 6.73. The molecule has 18 heavy (non-hydrogen) atoms. The van der Waals surface area contributed by atoms with E-state index in [4.69, 9.17) is 9.47 Å². The van der Waals surface area contributed by atoms with Crippen molar-refractivity contribution in [3.05, 3.63) is 29.8 Å². The van der Waals surface area contributed by atoms with E-state index in [1.807, 2.05) is 12.1 Å². The van der Waals surface area contributed by atoms with Gasteiger partial charge in [-0.2, -0.15) is 0 Å². The van der Waals surface area contributed by atoms with Gasteiger partial charge in [0.1, 0.15) is 5.75 Å². The lowest BCUT2D eigenvalue weighted by Crippen LogP contribution is -2.47. The Balaban J connectivity index is 2.00. The van der Waals surface area contributed by atoms with Crippen LogP contribution in [0.1, 0.15) is 12.5 Å². The first-order valence-electron chi connectivity index (χ1n) is 6.50. The van der Waals surface area contributed by atoms with Crippen LogP contribution in [0, 0.1) is 0 Å². The van der Waals surface area contributed by atoms with Crippen molar-refractivity contribution in [2.24, 2.45) is 0 Å². The average molecular weight is 251 g/mol. The van der Waals surface area contributed by atoms with E-state index in [2.05, 4.69) is 12.2 Å². The lowest BCUT2D eigenvalue weighted by molar-refractivity contribution is -0.101. The molecule has 0 saturated carbocycles. The van der Waals surface area contributed by atoms with E-state index >= 15 is 0 Å². The molecular formula is C14H21NO3. The first kappa shape index (κ1) is 13.3. The van der Waals surface area contributed by atoms with Crippen LogP contribution in [0.3, 0.4) is 0 Å². The fourth-order valence-corrected chi connectivity index (χ4v) is 2.27. The van der Waals surface area contributed by atoms with Gasteiger partial charge in [0.25, 0.3) is 0 Å². The predicted molar refractivity (Wildman–Crippen MR) is 69.8 cm³/mol. The zero-order chi connectivity index (χ0) is 12.8. The summed E-state index contributed by atoms with van der Waals surface area (Å²) in [5.41, 5.74) is 1.11. The normalized spacial score (nSPS) is 21.7. The van der Waals surface area contributed by atoms with E-state index in [-0.39, 0.29) is 12.1 Å². The van der Waals surface area contributed by atoms with Crippen LogP contribution < -0.4 is 5.32 Å². The van der Waals surface area contributed by atoms with Crippen molar-refractivity contribution < 1.29 is 14.6 Å². The molecule has 2 atom stereocenters. The zero-order valence-electron chi connectivity index (χ0n) is 10.8. The first-order chi connectivity index (χ1) is 8.79. The van der Waals surface area contributed by atoms with Crippen molar-refractivity contribution in [1.82, 2.24) is 5.32 Å². The topological polar surface area (TPSA) is 50.7 Å². The molecule has 2 unspecified atom stereocenters. The lowest BCUT2D eigenvalue weighted by atomic mass is 10.0. The monoisotopic (exact) mass is 251 g/mol. The van der Waals surface area contributed by atoms with Crippen LogP contribution in [0.15, 0.2) is 24.3 Å². The van der Waals surface area contributed by atoms with Crippen molar-refractivity contribution in [3.63, 3.8) is 0 Å². The van der Waals surface area contributed by atoms with Gasteiger partial charge < -0.3 is 19.9 Å². The van der Waals surface area contributed by atoms with Crippen molar-refractivity contribution >= 4 is 0 Å². The molecule has 0 radical (unpaired) electrons. The summed E-state index contributed by atoms with van der Waals surface area (Å²) in [4.78, 5) is 0. The third-order valence-electron chi connectivity index (χ3n) is 3.12. The van der Waals surface area contributed by atoms with Gasteiger partial charge in [-0.1, -0.05) is 19.1 Å². The molecule has 0 amide bonds. The molecule has 100 valence electrons. The minimum Gasteiger partial charge on any atom is -0.508 e. The molecule has 1 aliphatic rings.